The molecule has 2 rings (SSSR count). The van der Waals surface area contributed by atoms with E-state index in [1.165, 1.54) is 0 Å². The standard InChI is InChI=1S/C14H12N2O/c15-11-16-13-8-4-5-9-14(13)17-10-12-6-2-1-3-7-12/h1-9,16H,10H2. The molecule has 0 atom stereocenters. The Bertz CT molecular complexity index is 517. The van der Waals surface area contributed by atoms with Gasteiger partial charge >= 0.3 is 0 Å². The minimum Gasteiger partial charge on any atom is -0.487 e. The summed E-state index contributed by atoms with van der Waals surface area (Å²) in [5.41, 5.74) is 1.78. The van der Waals surface area contributed by atoms with Gasteiger partial charge in [0.2, 0.25) is 0 Å². The monoisotopic (exact) mass is 224 g/mol. The Morgan fingerprint density at radius 1 is 1.00 bits per heavy atom. The van der Waals surface area contributed by atoms with E-state index in [1.807, 2.05) is 60.8 Å². The first-order chi connectivity index (χ1) is 8.40. The lowest BCUT2D eigenvalue weighted by molar-refractivity contribution is 0.308. The van der Waals surface area contributed by atoms with Crippen LogP contribution in [-0.2, 0) is 6.61 Å². The fraction of sp³-hybridized carbons (Fsp3) is 0.0714. The molecule has 0 heterocycles. The maximum Gasteiger partial charge on any atom is 0.181 e. The van der Waals surface area contributed by atoms with Gasteiger partial charge in [0.1, 0.15) is 12.4 Å². The summed E-state index contributed by atoms with van der Waals surface area (Å²) in [6.07, 6.45) is 1.89. The number of rotatable bonds is 4. The maximum absolute atomic E-state index is 8.61. The second-order valence-electron chi connectivity index (χ2n) is 3.51. The fourth-order valence-electron chi connectivity index (χ4n) is 1.49. The van der Waals surface area contributed by atoms with Crippen molar-refractivity contribution in [3.8, 4) is 11.9 Å². The molecule has 0 aromatic heterocycles. The lowest BCUT2D eigenvalue weighted by Gasteiger charge is -2.09. The van der Waals surface area contributed by atoms with Crippen LogP contribution in [0.4, 0.5) is 5.69 Å². The Morgan fingerprint density at radius 3 is 2.47 bits per heavy atom. The van der Waals surface area contributed by atoms with Gasteiger partial charge in [0.25, 0.3) is 0 Å². The highest BCUT2D eigenvalue weighted by atomic mass is 16.5. The molecule has 2 aromatic carbocycles. The van der Waals surface area contributed by atoms with Crippen LogP contribution in [0.25, 0.3) is 0 Å². The minimum absolute atomic E-state index is 0.491. The van der Waals surface area contributed by atoms with Crippen molar-refractivity contribution in [3.63, 3.8) is 0 Å². The summed E-state index contributed by atoms with van der Waals surface area (Å²) in [4.78, 5) is 0. The van der Waals surface area contributed by atoms with Gasteiger partial charge in [-0.25, -0.2) is 0 Å². The summed E-state index contributed by atoms with van der Waals surface area (Å²) in [5, 5.41) is 11.2. The summed E-state index contributed by atoms with van der Waals surface area (Å²) in [6.45, 7) is 0.491. The van der Waals surface area contributed by atoms with E-state index < -0.39 is 0 Å². The molecule has 0 spiro atoms. The van der Waals surface area contributed by atoms with Gasteiger partial charge in [-0.05, 0) is 17.7 Å². The van der Waals surface area contributed by atoms with Gasteiger partial charge in [-0.15, -0.1) is 0 Å². The molecule has 17 heavy (non-hydrogen) atoms. The normalized spacial score (nSPS) is 9.35. The molecule has 0 bridgehead atoms. The Balaban J connectivity index is 2.07. The highest BCUT2D eigenvalue weighted by Crippen LogP contribution is 2.24. The molecule has 84 valence electrons. The molecular formula is C14H12N2O. The lowest BCUT2D eigenvalue weighted by atomic mass is 10.2. The second kappa shape index (κ2) is 5.57. The van der Waals surface area contributed by atoms with Crippen molar-refractivity contribution < 1.29 is 4.74 Å². The number of nitrogens with one attached hydrogen (secondary N) is 1. The van der Waals surface area contributed by atoms with E-state index in [-0.39, 0.29) is 0 Å². The van der Waals surface area contributed by atoms with Crippen molar-refractivity contribution in [1.29, 1.82) is 5.26 Å². The fourth-order valence-corrected chi connectivity index (χ4v) is 1.49. The predicted octanol–water partition coefficient (Wildman–Crippen LogP) is 3.16. The van der Waals surface area contributed by atoms with Gasteiger partial charge in [-0.2, -0.15) is 5.26 Å². The van der Waals surface area contributed by atoms with Crippen LogP contribution in [0.5, 0.6) is 5.75 Å². The Hall–Kier alpha value is -2.47. The van der Waals surface area contributed by atoms with Crippen molar-refractivity contribution in [3.05, 3.63) is 60.2 Å². The summed E-state index contributed by atoms with van der Waals surface area (Å²) < 4.78 is 5.66. The van der Waals surface area contributed by atoms with E-state index in [2.05, 4.69) is 5.32 Å². The zero-order chi connectivity index (χ0) is 11.9. The molecule has 0 fully saturated rings. The van der Waals surface area contributed by atoms with Gasteiger partial charge < -0.3 is 4.74 Å². The zero-order valence-electron chi connectivity index (χ0n) is 9.26. The van der Waals surface area contributed by atoms with Crippen LogP contribution in [0.15, 0.2) is 54.6 Å². The quantitative estimate of drug-likeness (QED) is 0.641. The number of hydrogen-bond acceptors (Lipinski definition) is 3. The summed E-state index contributed by atoms with van der Waals surface area (Å²) in [7, 11) is 0. The number of benzene rings is 2. The first kappa shape index (κ1) is 11.0. The maximum atomic E-state index is 8.61. The van der Waals surface area contributed by atoms with Crippen LogP contribution < -0.4 is 10.1 Å². The first-order valence-electron chi connectivity index (χ1n) is 5.31. The molecule has 0 aliphatic carbocycles. The molecule has 0 saturated carbocycles. The lowest BCUT2D eigenvalue weighted by Crippen LogP contribution is -1.98. The zero-order valence-corrected chi connectivity index (χ0v) is 9.26. The van der Waals surface area contributed by atoms with Crippen molar-refractivity contribution in [2.24, 2.45) is 0 Å². The third-order valence-electron chi connectivity index (χ3n) is 2.31. The molecule has 3 nitrogen and oxygen atoms in total. The molecular weight excluding hydrogens is 212 g/mol. The van der Waals surface area contributed by atoms with Gasteiger partial charge in [-0.1, -0.05) is 42.5 Å². The molecule has 0 aliphatic heterocycles. The molecule has 1 N–H and O–H groups in total. The minimum atomic E-state index is 0.491. The van der Waals surface area contributed by atoms with Crippen molar-refractivity contribution >= 4 is 5.69 Å². The van der Waals surface area contributed by atoms with Crippen LogP contribution in [-0.4, -0.2) is 0 Å². The SMILES string of the molecule is N#CNc1ccccc1OCc1ccccc1. The van der Waals surface area contributed by atoms with Gasteiger partial charge in [0.05, 0.1) is 5.69 Å². The van der Waals surface area contributed by atoms with E-state index in [1.54, 1.807) is 0 Å². The summed E-state index contributed by atoms with van der Waals surface area (Å²) in [5.74, 6) is 0.679. The number of para-hydroxylation sites is 2. The first-order valence-corrected chi connectivity index (χ1v) is 5.31. The number of nitriles is 1. The van der Waals surface area contributed by atoms with Gasteiger partial charge in [0.15, 0.2) is 6.19 Å². The van der Waals surface area contributed by atoms with E-state index >= 15 is 0 Å². The second-order valence-corrected chi connectivity index (χ2v) is 3.51. The van der Waals surface area contributed by atoms with Gasteiger partial charge in [0, 0.05) is 0 Å². The van der Waals surface area contributed by atoms with Crippen molar-refractivity contribution in [2.75, 3.05) is 5.32 Å². The van der Waals surface area contributed by atoms with Crippen LogP contribution in [0.2, 0.25) is 0 Å². The van der Waals surface area contributed by atoms with E-state index in [0.29, 0.717) is 18.0 Å². The molecule has 0 unspecified atom stereocenters. The number of ether oxygens (including phenoxy) is 1. The predicted molar refractivity (Wildman–Crippen MR) is 66.5 cm³/mol. The van der Waals surface area contributed by atoms with Crippen LogP contribution >= 0.6 is 0 Å². The molecule has 0 radical (unpaired) electrons. The molecule has 2 aromatic rings. The van der Waals surface area contributed by atoms with E-state index in [0.717, 1.165) is 5.56 Å². The smallest absolute Gasteiger partial charge is 0.181 e. The molecule has 0 amide bonds. The van der Waals surface area contributed by atoms with Crippen molar-refractivity contribution in [1.82, 2.24) is 0 Å². The third kappa shape index (κ3) is 2.99. The van der Waals surface area contributed by atoms with Gasteiger partial charge in [-0.3, -0.25) is 5.32 Å². The van der Waals surface area contributed by atoms with Crippen LogP contribution in [0, 0.1) is 11.5 Å². The summed E-state index contributed by atoms with van der Waals surface area (Å²) in [6, 6.07) is 17.3. The summed E-state index contributed by atoms with van der Waals surface area (Å²) >= 11 is 0. The average Bonchev–Trinajstić information content (AvgIpc) is 2.39. The average molecular weight is 224 g/mol. The third-order valence-corrected chi connectivity index (χ3v) is 2.31. The van der Waals surface area contributed by atoms with E-state index in [4.69, 9.17) is 10.00 Å². The Kier molecular flexibility index (Phi) is 3.61. The highest BCUT2D eigenvalue weighted by molar-refractivity contribution is 5.58. The highest BCUT2D eigenvalue weighted by Gasteiger charge is 2.01. The topological polar surface area (TPSA) is 45.0 Å². The number of hydrogen-bond donors (Lipinski definition) is 1. The van der Waals surface area contributed by atoms with E-state index in [9.17, 15) is 0 Å². The Labute approximate surface area is 100 Å². The van der Waals surface area contributed by atoms with Crippen molar-refractivity contribution in [2.45, 2.75) is 6.61 Å². The number of nitrogens with zero attached hydrogens (tertiary/aromatic N) is 1. The number of anilines is 1. The molecule has 0 aliphatic rings. The van der Waals surface area contributed by atoms with Crippen LogP contribution in [0.3, 0.4) is 0 Å². The van der Waals surface area contributed by atoms with Crippen LogP contribution in [0.1, 0.15) is 5.56 Å². The molecule has 0 saturated heterocycles. The Morgan fingerprint density at radius 2 is 1.71 bits per heavy atom. The molecule has 3 heteroatoms. The largest absolute Gasteiger partial charge is 0.487 e.